The second-order valence-corrected chi connectivity index (χ2v) is 5.55. The third-order valence-corrected chi connectivity index (χ3v) is 3.58. The van der Waals surface area contributed by atoms with Crippen molar-refractivity contribution in [1.29, 1.82) is 0 Å². The van der Waals surface area contributed by atoms with Crippen molar-refractivity contribution in [2.24, 2.45) is 0 Å². The lowest BCUT2D eigenvalue weighted by atomic mass is 10.2. The van der Waals surface area contributed by atoms with Crippen molar-refractivity contribution in [3.63, 3.8) is 0 Å². The fourth-order valence-electron chi connectivity index (χ4n) is 2.24. The minimum Gasteiger partial charge on any atom is -0.497 e. The first-order valence-corrected chi connectivity index (χ1v) is 8.16. The molecule has 0 saturated heterocycles. The van der Waals surface area contributed by atoms with Crippen LogP contribution in [0.25, 0.3) is 0 Å². The van der Waals surface area contributed by atoms with E-state index in [0.717, 1.165) is 11.8 Å². The zero-order chi connectivity index (χ0) is 19.9. The van der Waals surface area contributed by atoms with Crippen LogP contribution in [0.4, 0.5) is 25.1 Å². The number of rotatable bonds is 6. The van der Waals surface area contributed by atoms with Crippen molar-refractivity contribution < 1.29 is 23.0 Å². The highest BCUT2D eigenvalue weighted by molar-refractivity contribution is 5.99. The van der Waals surface area contributed by atoms with Crippen LogP contribution in [0.1, 0.15) is 5.56 Å². The smallest absolute Gasteiger partial charge is 0.325 e. The summed E-state index contributed by atoms with van der Waals surface area (Å²) >= 11 is 0. The second kappa shape index (κ2) is 8.76. The fourth-order valence-corrected chi connectivity index (χ4v) is 2.24. The number of ether oxygens (including phenoxy) is 2. The van der Waals surface area contributed by atoms with Gasteiger partial charge in [0.2, 0.25) is 0 Å². The summed E-state index contributed by atoms with van der Waals surface area (Å²) in [6.45, 7) is 0.115. The van der Waals surface area contributed by atoms with E-state index in [1.54, 1.807) is 31.4 Å². The van der Waals surface area contributed by atoms with Crippen LogP contribution in [0.15, 0.2) is 54.7 Å². The molecule has 0 spiro atoms. The predicted molar refractivity (Wildman–Crippen MR) is 98.4 cm³/mol. The van der Waals surface area contributed by atoms with E-state index < -0.39 is 23.5 Å². The molecule has 2 aromatic carbocycles. The Kier molecular flexibility index (Phi) is 5.95. The number of hydrogen-bond acceptors (Lipinski definition) is 5. The fraction of sp³-hybridized carbons (Fsp3) is 0.105. The molecule has 2 amide bonds. The van der Waals surface area contributed by atoms with Gasteiger partial charge in [0.25, 0.3) is 0 Å². The number of halogens is 2. The Morgan fingerprint density at radius 2 is 1.89 bits per heavy atom. The molecule has 2 N–H and O–H groups in total. The standard InChI is InChI=1S/C19H16F2N4O3/c1-27-13-6-4-5-12(9-13)11-28-19-22-10-15(21)17(25-19)24-18(26)23-16-8-3-2-7-14(16)20/h2-10H,11H2,1H3,(H2,22,23,24,25,26). The molecule has 144 valence electrons. The van der Waals surface area contributed by atoms with E-state index in [2.05, 4.69) is 20.6 Å². The minimum atomic E-state index is -0.864. The first-order chi connectivity index (χ1) is 13.5. The number of methoxy groups -OCH3 is 1. The summed E-state index contributed by atoms with van der Waals surface area (Å²) in [5.41, 5.74) is 0.739. The molecule has 0 atom stereocenters. The van der Waals surface area contributed by atoms with Gasteiger partial charge < -0.3 is 14.8 Å². The third kappa shape index (κ3) is 4.91. The molecule has 0 aliphatic heterocycles. The highest BCUT2D eigenvalue weighted by Gasteiger charge is 2.13. The number of aromatic nitrogens is 2. The van der Waals surface area contributed by atoms with Gasteiger partial charge in [-0.25, -0.2) is 18.6 Å². The average Bonchev–Trinajstić information content (AvgIpc) is 2.70. The monoisotopic (exact) mass is 386 g/mol. The van der Waals surface area contributed by atoms with E-state index in [1.807, 2.05) is 6.07 Å². The van der Waals surface area contributed by atoms with E-state index in [1.165, 1.54) is 18.2 Å². The molecule has 0 radical (unpaired) electrons. The molecule has 3 aromatic rings. The number of carbonyl (C=O) groups is 1. The molecule has 1 aromatic heterocycles. The molecule has 0 saturated carbocycles. The molecule has 7 nitrogen and oxygen atoms in total. The largest absolute Gasteiger partial charge is 0.497 e. The molecular weight excluding hydrogens is 370 g/mol. The van der Waals surface area contributed by atoms with Crippen molar-refractivity contribution in [2.75, 3.05) is 17.7 Å². The molecule has 28 heavy (non-hydrogen) atoms. The summed E-state index contributed by atoms with van der Waals surface area (Å²) in [6.07, 6.45) is 0.868. The van der Waals surface area contributed by atoms with Crippen LogP contribution in [0.5, 0.6) is 11.8 Å². The number of benzene rings is 2. The summed E-state index contributed by atoms with van der Waals surface area (Å²) < 4.78 is 38.0. The van der Waals surface area contributed by atoms with Crippen LogP contribution in [-0.4, -0.2) is 23.1 Å². The topological polar surface area (TPSA) is 85.4 Å². The first kappa shape index (κ1) is 19.0. The zero-order valence-electron chi connectivity index (χ0n) is 14.8. The van der Waals surface area contributed by atoms with Crippen LogP contribution in [0.2, 0.25) is 0 Å². The maximum absolute atomic E-state index is 13.9. The van der Waals surface area contributed by atoms with E-state index in [-0.39, 0.29) is 18.3 Å². The maximum Gasteiger partial charge on any atom is 0.325 e. The van der Waals surface area contributed by atoms with E-state index in [4.69, 9.17) is 9.47 Å². The number of hydrogen-bond donors (Lipinski definition) is 2. The third-order valence-electron chi connectivity index (χ3n) is 3.58. The first-order valence-electron chi connectivity index (χ1n) is 8.16. The zero-order valence-corrected chi connectivity index (χ0v) is 14.8. The molecule has 1 heterocycles. The number of urea groups is 1. The van der Waals surface area contributed by atoms with Crippen molar-refractivity contribution in [1.82, 2.24) is 9.97 Å². The number of anilines is 2. The number of para-hydroxylation sites is 1. The van der Waals surface area contributed by atoms with E-state index in [9.17, 15) is 13.6 Å². The van der Waals surface area contributed by atoms with Gasteiger partial charge in [0.1, 0.15) is 18.2 Å². The Bertz CT molecular complexity index is 985. The number of carbonyl (C=O) groups excluding carboxylic acids is 1. The predicted octanol–water partition coefficient (Wildman–Crippen LogP) is 3.99. The minimum absolute atomic E-state index is 0.0519. The van der Waals surface area contributed by atoms with Crippen LogP contribution in [-0.2, 0) is 6.61 Å². The highest BCUT2D eigenvalue weighted by Crippen LogP contribution is 2.18. The quantitative estimate of drug-likeness (QED) is 0.669. The van der Waals surface area contributed by atoms with E-state index >= 15 is 0 Å². The SMILES string of the molecule is COc1cccc(COc2ncc(F)c(NC(=O)Nc3ccccc3F)n2)c1. The van der Waals surface area contributed by atoms with Gasteiger partial charge in [-0.1, -0.05) is 24.3 Å². The summed E-state index contributed by atoms with van der Waals surface area (Å²) in [6, 6.07) is 11.8. The molecule has 0 aliphatic carbocycles. The molecule has 3 rings (SSSR count). The Hall–Kier alpha value is -3.75. The average molecular weight is 386 g/mol. The van der Waals surface area contributed by atoms with Crippen LogP contribution < -0.4 is 20.1 Å². The van der Waals surface area contributed by atoms with Crippen LogP contribution >= 0.6 is 0 Å². The molecule has 9 heteroatoms. The van der Waals surface area contributed by atoms with Gasteiger partial charge in [0.05, 0.1) is 19.0 Å². The van der Waals surface area contributed by atoms with Gasteiger partial charge in [-0.15, -0.1) is 0 Å². The van der Waals surface area contributed by atoms with E-state index in [0.29, 0.717) is 5.75 Å². The lowest BCUT2D eigenvalue weighted by Gasteiger charge is -2.10. The lowest BCUT2D eigenvalue weighted by Crippen LogP contribution is -2.21. The van der Waals surface area contributed by atoms with Gasteiger partial charge >= 0.3 is 12.0 Å². The number of nitrogens with zero attached hydrogens (tertiary/aromatic N) is 2. The summed E-state index contributed by atoms with van der Waals surface area (Å²) in [4.78, 5) is 19.5. The van der Waals surface area contributed by atoms with Gasteiger partial charge in [-0.3, -0.25) is 5.32 Å². The Morgan fingerprint density at radius 1 is 1.07 bits per heavy atom. The van der Waals surface area contributed by atoms with Gasteiger partial charge in [-0.2, -0.15) is 4.98 Å². The molecule has 0 bridgehead atoms. The second-order valence-electron chi connectivity index (χ2n) is 5.55. The number of amides is 2. The van der Waals surface area contributed by atoms with Gasteiger partial charge in [-0.05, 0) is 29.8 Å². The lowest BCUT2D eigenvalue weighted by molar-refractivity contribution is 0.261. The van der Waals surface area contributed by atoms with Crippen molar-refractivity contribution in [3.05, 3.63) is 71.9 Å². The summed E-state index contributed by atoms with van der Waals surface area (Å²) in [5, 5.41) is 4.47. The van der Waals surface area contributed by atoms with Crippen molar-refractivity contribution >= 4 is 17.5 Å². The van der Waals surface area contributed by atoms with Crippen molar-refractivity contribution in [3.8, 4) is 11.8 Å². The highest BCUT2D eigenvalue weighted by atomic mass is 19.1. The normalized spacial score (nSPS) is 10.2. The van der Waals surface area contributed by atoms with Crippen LogP contribution in [0, 0.1) is 11.6 Å². The maximum atomic E-state index is 13.9. The molecular formula is C19H16F2N4O3. The molecule has 0 unspecified atom stereocenters. The molecule has 0 fully saturated rings. The molecule has 0 aliphatic rings. The summed E-state index contributed by atoms with van der Waals surface area (Å²) in [7, 11) is 1.55. The Balaban J connectivity index is 1.65. The Labute approximate surface area is 159 Å². The number of nitrogens with one attached hydrogen (secondary N) is 2. The van der Waals surface area contributed by atoms with Crippen molar-refractivity contribution in [2.45, 2.75) is 6.61 Å². The van der Waals surface area contributed by atoms with Gasteiger partial charge in [0, 0.05) is 0 Å². The summed E-state index contributed by atoms with van der Waals surface area (Å²) in [5.74, 6) is -1.22. The van der Waals surface area contributed by atoms with Gasteiger partial charge in [0.15, 0.2) is 11.6 Å². The Morgan fingerprint density at radius 3 is 2.68 bits per heavy atom. The van der Waals surface area contributed by atoms with Crippen LogP contribution in [0.3, 0.4) is 0 Å².